The van der Waals surface area contributed by atoms with Gasteiger partial charge in [0.25, 0.3) is 0 Å². The molecule has 0 aromatic heterocycles. The third kappa shape index (κ3) is 3.68. The highest BCUT2D eigenvalue weighted by atomic mass is 35.5. The number of benzene rings is 2. The molecule has 0 aliphatic carbocycles. The number of carbonyl (C=O) groups is 1. The van der Waals surface area contributed by atoms with E-state index in [1.807, 2.05) is 54.6 Å². The Hall–Kier alpha value is -1.60. The Bertz CT molecular complexity index is 531. The lowest BCUT2D eigenvalue weighted by molar-refractivity contribution is 0.0973. The summed E-state index contributed by atoms with van der Waals surface area (Å²) in [7, 11) is 0. The zero-order valence-electron chi connectivity index (χ0n) is 11.0. The second-order valence-corrected chi connectivity index (χ2v) is 5.09. The second kappa shape index (κ2) is 6.53. The molecule has 2 heteroatoms. The summed E-state index contributed by atoms with van der Waals surface area (Å²) in [5.74, 6) is 0.451. The van der Waals surface area contributed by atoms with E-state index in [-0.39, 0.29) is 11.7 Å². The average Bonchev–Trinajstić information content (AvgIpc) is 2.46. The van der Waals surface area contributed by atoms with Gasteiger partial charge in [0.2, 0.25) is 0 Å². The summed E-state index contributed by atoms with van der Waals surface area (Å²) in [4.78, 5) is 12.2. The Morgan fingerprint density at radius 2 is 1.68 bits per heavy atom. The highest BCUT2D eigenvalue weighted by Crippen LogP contribution is 2.26. The van der Waals surface area contributed by atoms with Crippen molar-refractivity contribution in [1.82, 2.24) is 0 Å². The number of hydrogen-bond acceptors (Lipinski definition) is 1. The second-order valence-electron chi connectivity index (χ2n) is 4.65. The largest absolute Gasteiger partial charge is 0.294 e. The Balaban J connectivity index is 2.11. The standard InChI is InChI=1S/C17H17ClO/c1-2-13(14-8-10-16(18)11-9-14)12-17(19)15-6-4-3-5-7-15/h3-11,13H,2,12H2,1H3/t13-/m0/s1. The van der Waals surface area contributed by atoms with Gasteiger partial charge in [-0.1, -0.05) is 61.0 Å². The highest BCUT2D eigenvalue weighted by Gasteiger charge is 2.15. The van der Waals surface area contributed by atoms with E-state index >= 15 is 0 Å². The van der Waals surface area contributed by atoms with Gasteiger partial charge in [-0.2, -0.15) is 0 Å². The molecular formula is C17H17ClO. The molecule has 0 spiro atoms. The van der Waals surface area contributed by atoms with Crippen molar-refractivity contribution in [3.8, 4) is 0 Å². The molecule has 0 saturated heterocycles. The maximum atomic E-state index is 12.2. The minimum Gasteiger partial charge on any atom is -0.294 e. The minimum absolute atomic E-state index is 0.197. The molecule has 1 atom stereocenters. The predicted molar refractivity (Wildman–Crippen MR) is 79.9 cm³/mol. The molecule has 2 aromatic rings. The van der Waals surface area contributed by atoms with Crippen LogP contribution in [0.3, 0.4) is 0 Å². The molecule has 0 unspecified atom stereocenters. The summed E-state index contributed by atoms with van der Waals surface area (Å²) < 4.78 is 0. The number of ketones is 1. The monoisotopic (exact) mass is 272 g/mol. The molecule has 0 fully saturated rings. The van der Waals surface area contributed by atoms with Crippen molar-refractivity contribution in [2.24, 2.45) is 0 Å². The number of Topliss-reactive ketones (excluding diaryl/α,β-unsaturated/α-hetero) is 1. The van der Waals surface area contributed by atoms with Gasteiger partial charge in [0, 0.05) is 17.0 Å². The zero-order valence-corrected chi connectivity index (χ0v) is 11.7. The molecular weight excluding hydrogens is 256 g/mol. The smallest absolute Gasteiger partial charge is 0.163 e. The molecule has 98 valence electrons. The first-order valence-corrected chi connectivity index (χ1v) is 6.92. The van der Waals surface area contributed by atoms with Crippen LogP contribution in [0.5, 0.6) is 0 Å². The van der Waals surface area contributed by atoms with Gasteiger partial charge in [-0.05, 0) is 30.0 Å². The van der Waals surface area contributed by atoms with Crippen molar-refractivity contribution in [1.29, 1.82) is 0 Å². The quantitative estimate of drug-likeness (QED) is 0.692. The Morgan fingerprint density at radius 3 is 2.26 bits per heavy atom. The summed E-state index contributed by atoms with van der Waals surface area (Å²) in [6.45, 7) is 2.11. The number of carbonyl (C=O) groups excluding carboxylic acids is 1. The lowest BCUT2D eigenvalue weighted by Crippen LogP contribution is -2.07. The normalized spacial score (nSPS) is 12.1. The zero-order chi connectivity index (χ0) is 13.7. The number of halogens is 1. The van der Waals surface area contributed by atoms with Crippen molar-refractivity contribution in [3.63, 3.8) is 0 Å². The van der Waals surface area contributed by atoms with E-state index in [9.17, 15) is 4.79 Å². The molecule has 0 saturated carbocycles. The van der Waals surface area contributed by atoms with E-state index in [1.54, 1.807) is 0 Å². The number of rotatable bonds is 5. The van der Waals surface area contributed by atoms with Gasteiger partial charge in [-0.15, -0.1) is 0 Å². The Labute approximate surface area is 119 Å². The van der Waals surface area contributed by atoms with Crippen LogP contribution in [-0.4, -0.2) is 5.78 Å². The van der Waals surface area contributed by atoms with Crippen molar-refractivity contribution in [3.05, 3.63) is 70.7 Å². The summed E-state index contributed by atoms with van der Waals surface area (Å²) in [5.41, 5.74) is 1.96. The summed E-state index contributed by atoms with van der Waals surface area (Å²) >= 11 is 5.89. The van der Waals surface area contributed by atoms with Crippen LogP contribution in [0, 0.1) is 0 Å². The van der Waals surface area contributed by atoms with Gasteiger partial charge >= 0.3 is 0 Å². The number of hydrogen-bond donors (Lipinski definition) is 0. The van der Waals surface area contributed by atoms with Crippen LogP contribution in [0.1, 0.15) is 41.6 Å². The van der Waals surface area contributed by atoms with Crippen molar-refractivity contribution < 1.29 is 4.79 Å². The van der Waals surface area contributed by atoms with Crippen LogP contribution in [-0.2, 0) is 0 Å². The molecule has 0 N–H and O–H groups in total. The van der Waals surface area contributed by atoms with E-state index in [4.69, 9.17) is 11.6 Å². The molecule has 0 heterocycles. The average molecular weight is 273 g/mol. The minimum atomic E-state index is 0.197. The van der Waals surface area contributed by atoms with Gasteiger partial charge in [0.05, 0.1) is 0 Å². The van der Waals surface area contributed by atoms with Crippen molar-refractivity contribution in [2.45, 2.75) is 25.7 Å². The molecule has 2 aromatic carbocycles. The summed E-state index contributed by atoms with van der Waals surface area (Å²) in [6.07, 6.45) is 1.49. The fourth-order valence-electron chi connectivity index (χ4n) is 2.20. The van der Waals surface area contributed by atoms with E-state index in [0.717, 1.165) is 17.0 Å². The van der Waals surface area contributed by atoms with Crippen molar-refractivity contribution >= 4 is 17.4 Å². The van der Waals surface area contributed by atoms with Crippen molar-refractivity contribution in [2.75, 3.05) is 0 Å². The van der Waals surface area contributed by atoms with Gasteiger partial charge in [-0.3, -0.25) is 4.79 Å². The molecule has 0 aliphatic heterocycles. The molecule has 1 nitrogen and oxygen atoms in total. The highest BCUT2D eigenvalue weighted by molar-refractivity contribution is 6.30. The van der Waals surface area contributed by atoms with Crippen LogP contribution >= 0.6 is 11.6 Å². The summed E-state index contributed by atoms with van der Waals surface area (Å²) in [5, 5.41) is 0.730. The Morgan fingerprint density at radius 1 is 1.05 bits per heavy atom. The van der Waals surface area contributed by atoms with Gasteiger partial charge in [0.1, 0.15) is 0 Å². The molecule has 0 radical (unpaired) electrons. The molecule has 0 aliphatic rings. The lowest BCUT2D eigenvalue weighted by atomic mass is 9.90. The van der Waals surface area contributed by atoms with E-state index < -0.39 is 0 Å². The maximum absolute atomic E-state index is 12.2. The molecule has 19 heavy (non-hydrogen) atoms. The van der Waals surface area contributed by atoms with Gasteiger partial charge < -0.3 is 0 Å². The maximum Gasteiger partial charge on any atom is 0.163 e. The Kier molecular flexibility index (Phi) is 4.75. The van der Waals surface area contributed by atoms with E-state index in [1.165, 1.54) is 5.56 Å². The SMILES string of the molecule is CC[C@@H](CC(=O)c1ccccc1)c1ccc(Cl)cc1. The fourth-order valence-corrected chi connectivity index (χ4v) is 2.32. The lowest BCUT2D eigenvalue weighted by Gasteiger charge is -2.14. The van der Waals surface area contributed by atoms with Gasteiger partial charge in [-0.25, -0.2) is 0 Å². The molecule has 2 rings (SSSR count). The first kappa shape index (κ1) is 13.8. The molecule has 0 bridgehead atoms. The van der Waals surface area contributed by atoms with Crippen LogP contribution in [0.15, 0.2) is 54.6 Å². The predicted octanol–water partition coefficient (Wildman–Crippen LogP) is 5.11. The van der Waals surface area contributed by atoms with Crippen LogP contribution < -0.4 is 0 Å². The van der Waals surface area contributed by atoms with Gasteiger partial charge in [0.15, 0.2) is 5.78 Å². The topological polar surface area (TPSA) is 17.1 Å². The fraction of sp³-hybridized carbons (Fsp3) is 0.235. The van der Waals surface area contributed by atoms with E-state index in [0.29, 0.717) is 6.42 Å². The van der Waals surface area contributed by atoms with Crippen LogP contribution in [0.25, 0.3) is 0 Å². The third-order valence-corrected chi connectivity index (χ3v) is 3.61. The first-order valence-electron chi connectivity index (χ1n) is 6.54. The van der Waals surface area contributed by atoms with E-state index in [2.05, 4.69) is 6.92 Å². The first-order chi connectivity index (χ1) is 9.20. The summed E-state index contributed by atoms with van der Waals surface area (Å²) in [6, 6.07) is 17.2. The molecule has 0 amide bonds. The van der Waals surface area contributed by atoms with Crippen LogP contribution in [0.4, 0.5) is 0 Å². The van der Waals surface area contributed by atoms with Crippen LogP contribution in [0.2, 0.25) is 5.02 Å². The third-order valence-electron chi connectivity index (χ3n) is 3.36.